The van der Waals surface area contributed by atoms with Crippen molar-refractivity contribution in [3.8, 4) is 0 Å². The average Bonchev–Trinajstić information content (AvgIpc) is 2.51. The number of aromatic nitrogens is 6. The summed E-state index contributed by atoms with van der Waals surface area (Å²) in [5, 5.41) is 0. The summed E-state index contributed by atoms with van der Waals surface area (Å²) in [5.41, 5.74) is 3.73. The van der Waals surface area contributed by atoms with Crippen LogP contribution in [0.25, 0.3) is 33.1 Å². The van der Waals surface area contributed by atoms with Crippen LogP contribution in [0.1, 0.15) is 0 Å². The SMILES string of the molecule is Brc1nc2c3nccnc3c3nc(Br)c(Br)nc3c2nc1Br. The van der Waals surface area contributed by atoms with Crippen LogP contribution in [0.15, 0.2) is 30.8 Å². The molecule has 1 aromatic carbocycles. The summed E-state index contributed by atoms with van der Waals surface area (Å²) in [6, 6.07) is 0. The van der Waals surface area contributed by atoms with Gasteiger partial charge in [0, 0.05) is 12.4 Å². The molecule has 108 valence electrons. The summed E-state index contributed by atoms with van der Waals surface area (Å²) in [6.45, 7) is 0. The summed E-state index contributed by atoms with van der Waals surface area (Å²) in [5.74, 6) is 0. The third-order valence-corrected chi connectivity index (χ3v) is 6.28. The highest BCUT2D eigenvalue weighted by Crippen LogP contribution is 2.33. The minimum absolute atomic E-state index is 0.588. The Morgan fingerprint density at radius 1 is 0.455 bits per heavy atom. The summed E-state index contributed by atoms with van der Waals surface area (Å²) in [6.07, 6.45) is 3.24. The molecular weight excluding hydrogens is 548 g/mol. The lowest BCUT2D eigenvalue weighted by Crippen LogP contribution is -1.98. The van der Waals surface area contributed by atoms with Crippen molar-refractivity contribution < 1.29 is 0 Å². The van der Waals surface area contributed by atoms with Gasteiger partial charge >= 0.3 is 0 Å². The van der Waals surface area contributed by atoms with Crippen molar-refractivity contribution in [3.05, 3.63) is 30.8 Å². The molecule has 4 aromatic rings. The van der Waals surface area contributed by atoms with Gasteiger partial charge in [-0.2, -0.15) is 0 Å². The van der Waals surface area contributed by atoms with Gasteiger partial charge in [-0.15, -0.1) is 0 Å². The molecule has 0 radical (unpaired) electrons. The van der Waals surface area contributed by atoms with Gasteiger partial charge in [0.1, 0.15) is 51.5 Å². The van der Waals surface area contributed by atoms with Gasteiger partial charge in [-0.3, -0.25) is 9.97 Å². The normalized spacial score (nSPS) is 11.6. The number of nitrogens with zero attached hydrogens (tertiary/aromatic N) is 6. The van der Waals surface area contributed by atoms with Crippen LogP contribution < -0.4 is 0 Å². The number of rotatable bonds is 0. The molecule has 4 rings (SSSR count). The molecule has 0 saturated carbocycles. The molecule has 3 aromatic heterocycles. The standard InChI is InChI=1S/C12H2Br4N6/c13-9-11(15)21-7-5(19-9)3-4(18-2-1-17-3)6-8(7)22-12(16)10(14)20-6/h1-2H. The first-order valence-corrected chi connectivity index (χ1v) is 9.01. The number of hydrogen-bond donors (Lipinski definition) is 0. The van der Waals surface area contributed by atoms with E-state index in [1.165, 1.54) is 0 Å². The average molecular weight is 550 g/mol. The first-order chi connectivity index (χ1) is 10.6. The molecule has 0 aliphatic carbocycles. The molecule has 0 fully saturated rings. The molecule has 22 heavy (non-hydrogen) atoms. The second kappa shape index (κ2) is 5.36. The van der Waals surface area contributed by atoms with Crippen LogP contribution in [0.4, 0.5) is 0 Å². The van der Waals surface area contributed by atoms with E-state index in [0.29, 0.717) is 51.5 Å². The van der Waals surface area contributed by atoms with Crippen LogP contribution in [-0.2, 0) is 0 Å². The van der Waals surface area contributed by atoms with E-state index in [1.54, 1.807) is 12.4 Å². The number of fused-ring (bicyclic) bond motifs is 6. The summed E-state index contributed by atoms with van der Waals surface area (Å²) < 4.78 is 2.36. The highest BCUT2D eigenvalue weighted by molar-refractivity contribution is 9.13. The van der Waals surface area contributed by atoms with E-state index >= 15 is 0 Å². The van der Waals surface area contributed by atoms with Crippen LogP contribution in [0.3, 0.4) is 0 Å². The first-order valence-electron chi connectivity index (χ1n) is 5.84. The van der Waals surface area contributed by atoms with Gasteiger partial charge in [0.2, 0.25) is 0 Å². The Morgan fingerprint density at radius 3 is 1.05 bits per heavy atom. The first kappa shape index (κ1) is 14.7. The Hall–Kier alpha value is -0.840. The monoisotopic (exact) mass is 546 g/mol. The van der Waals surface area contributed by atoms with Crippen LogP contribution in [0.5, 0.6) is 0 Å². The highest BCUT2D eigenvalue weighted by atomic mass is 79.9. The van der Waals surface area contributed by atoms with Crippen molar-refractivity contribution in [3.63, 3.8) is 0 Å². The lowest BCUT2D eigenvalue weighted by atomic mass is 10.2. The van der Waals surface area contributed by atoms with Crippen LogP contribution in [-0.4, -0.2) is 29.9 Å². The van der Waals surface area contributed by atoms with E-state index in [2.05, 4.69) is 93.6 Å². The predicted octanol–water partition coefficient (Wildman–Crippen LogP) is 4.57. The largest absolute Gasteiger partial charge is 0.251 e. The molecule has 6 nitrogen and oxygen atoms in total. The number of hydrogen-bond acceptors (Lipinski definition) is 6. The Labute approximate surface area is 156 Å². The lowest BCUT2D eigenvalue weighted by Gasteiger charge is -2.08. The number of halogens is 4. The zero-order valence-electron chi connectivity index (χ0n) is 10.3. The predicted molar refractivity (Wildman–Crippen MR) is 96.5 cm³/mol. The molecule has 0 spiro atoms. The molecule has 0 N–H and O–H groups in total. The molecule has 3 heterocycles. The Bertz CT molecular complexity index is 997. The maximum absolute atomic E-state index is 4.53. The minimum atomic E-state index is 0.588. The second-order valence-electron chi connectivity index (χ2n) is 4.26. The van der Waals surface area contributed by atoms with Crippen LogP contribution in [0.2, 0.25) is 0 Å². The second-order valence-corrected chi connectivity index (χ2v) is 7.26. The number of benzene rings is 1. The topological polar surface area (TPSA) is 77.3 Å². The third kappa shape index (κ3) is 2.15. The fourth-order valence-electron chi connectivity index (χ4n) is 2.13. The minimum Gasteiger partial charge on any atom is -0.251 e. The van der Waals surface area contributed by atoms with Crippen LogP contribution >= 0.6 is 63.7 Å². The summed E-state index contributed by atoms with van der Waals surface area (Å²) >= 11 is 13.5. The molecule has 0 saturated heterocycles. The zero-order valence-corrected chi connectivity index (χ0v) is 16.7. The van der Waals surface area contributed by atoms with Crippen molar-refractivity contribution >= 4 is 96.8 Å². The van der Waals surface area contributed by atoms with E-state index < -0.39 is 0 Å². The zero-order chi connectivity index (χ0) is 15.4. The maximum Gasteiger partial charge on any atom is 0.139 e. The highest BCUT2D eigenvalue weighted by Gasteiger charge is 2.18. The summed E-state index contributed by atoms with van der Waals surface area (Å²) in [7, 11) is 0. The van der Waals surface area contributed by atoms with Crippen molar-refractivity contribution in [2.45, 2.75) is 0 Å². The lowest BCUT2D eigenvalue weighted by molar-refractivity contribution is 1.17. The molecule has 0 bridgehead atoms. The summed E-state index contributed by atoms with van der Waals surface area (Å²) in [4.78, 5) is 26.9. The molecule has 0 aliphatic heterocycles. The van der Waals surface area contributed by atoms with Gasteiger partial charge in [-0.25, -0.2) is 19.9 Å². The molecule has 10 heteroatoms. The fourth-order valence-corrected chi connectivity index (χ4v) is 3.20. The van der Waals surface area contributed by atoms with Gasteiger partial charge in [0.05, 0.1) is 0 Å². The van der Waals surface area contributed by atoms with E-state index in [-0.39, 0.29) is 0 Å². The molecule has 0 atom stereocenters. The molecular formula is C12H2Br4N6. The smallest absolute Gasteiger partial charge is 0.139 e. The van der Waals surface area contributed by atoms with Crippen molar-refractivity contribution in [1.29, 1.82) is 0 Å². The van der Waals surface area contributed by atoms with Crippen molar-refractivity contribution in [2.75, 3.05) is 0 Å². The van der Waals surface area contributed by atoms with Crippen molar-refractivity contribution in [2.24, 2.45) is 0 Å². The van der Waals surface area contributed by atoms with Gasteiger partial charge < -0.3 is 0 Å². The quantitative estimate of drug-likeness (QED) is 0.299. The third-order valence-electron chi connectivity index (χ3n) is 3.00. The molecule has 0 unspecified atom stereocenters. The van der Waals surface area contributed by atoms with Gasteiger partial charge in [0.25, 0.3) is 0 Å². The van der Waals surface area contributed by atoms with Crippen molar-refractivity contribution in [1.82, 2.24) is 29.9 Å². The van der Waals surface area contributed by atoms with Gasteiger partial charge in [0.15, 0.2) is 0 Å². The van der Waals surface area contributed by atoms with Gasteiger partial charge in [-0.05, 0) is 63.7 Å². The molecule has 0 amide bonds. The van der Waals surface area contributed by atoms with Gasteiger partial charge in [-0.1, -0.05) is 0 Å². The molecule has 0 aliphatic rings. The Balaban J connectivity index is 2.40. The maximum atomic E-state index is 4.53. The van der Waals surface area contributed by atoms with E-state index in [1.807, 2.05) is 0 Å². The van der Waals surface area contributed by atoms with E-state index in [4.69, 9.17) is 0 Å². The Kier molecular flexibility index (Phi) is 3.59. The Morgan fingerprint density at radius 2 is 0.727 bits per heavy atom. The van der Waals surface area contributed by atoms with E-state index in [9.17, 15) is 0 Å². The fraction of sp³-hybridized carbons (Fsp3) is 0. The van der Waals surface area contributed by atoms with E-state index in [0.717, 1.165) is 0 Å². The van der Waals surface area contributed by atoms with Crippen LogP contribution in [0, 0.1) is 0 Å².